The lowest BCUT2D eigenvalue weighted by atomic mass is 10.2. The maximum Gasteiger partial charge on any atom is 0.244 e. The average molecular weight is 301 g/mol. The zero-order valence-electron chi connectivity index (χ0n) is 9.39. The standard InChI is InChI=1S/C10H13BrN4O2/c1-12-10(16)7-5-17-3-2-15(7)9-4-8(11)13-6-14-9/h4,6-7H,2-3,5H2,1H3,(H,12,16). The number of anilines is 1. The largest absolute Gasteiger partial charge is 0.377 e. The van der Waals surface area contributed by atoms with Gasteiger partial charge in [0.1, 0.15) is 22.8 Å². The second kappa shape index (κ2) is 5.42. The van der Waals surface area contributed by atoms with Crippen molar-refractivity contribution in [3.63, 3.8) is 0 Å². The summed E-state index contributed by atoms with van der Waals surface area (Å²) in [5.41, 5.74) is 0. The zero-order chi connectivity index (χ0) is 12.3. The minimum atomic E-state index is -0.337. The normalized spacial score (nSPS) is 20.1. The molecule has 1 fully saturated rings. The molecule has 1 saturated heterocycles. The van der Waals surface area contributed by atoms with Gasteiger partial charge >= 0.3 is 0 Å². The predicted octanol–water partition coefficient (Wildman–Crippen LogP) is 0.190. The molecule has 0 aromatic carbocycles. The van der Waals surface area contributed by atoms with E-state index in [4.69, 9.17) is 4.74 Å². The third-order valence-corrected chi connectivity index (χ3v) is 3.02. The minimum Gasteiger partial charge on any atom is -0.377 e. The number of carbonyl (C=O) groups excluding carboxylic acids is 1. The van der Waals surface area contributed by atoms with Crippen molar-refractivity contribution < 1.29 is 9.53 Å². The first kappa shape index (κ1) is 12.3. The Morgan fingerprint density at radius 1 is 1.65 bits per heavy atom. The monoisotopic (exact) mass is 300 g/mol. The van der Waals surface area contributed by atoms with Crippen LogP contribution in [0.25, 0.3) is 0 Å². The van der Waals surface area contributed by atoms with Crippen molar-refractivity contribution in [3.8, 4) is 0 Å². The third kappa shape index (κ3) is 2.73. The number of morpholine rings is 1. The Bertz CT molecular complexity index is 415. The van der Waals surface area contributed by atoms with Crippen LogP contribution in [0.5, 0.6) is 0 Å². The summed E-state index contributed by atoms with van der Waals surface area (Å²) in [7, 11) is 1.62. The van der Waals surface area contributed by atoms with E-state index in [2.05, 4.69) is 31.2 Å². The molecule has 1 atom stereocenters. The Balaban J connectivity index is 2.24. The van der Waals surface area contributed by atoms with Crippen LogP contribution >= 0.6 is 15.9 Å². The van der Waals surface area contributed by atoms with Crippen LogP contribution in [0.4, 0.5) is 5.82 Å². The molecule has 1 aromatic heterocycles. The number of nitrogens with one attached hydrogen (secondary N) is 1. The summed E-state index contributed by atoms with van der Waals surface area (Å²) < 4.78 is 6.03. The van der Waals surface area contributed by atoms with Crippen molar-refractivity contribution in [2.45, 2.75) is 6.04 Å². The van der Waals surface area contributed by atoms with E-state index in [1.54, 1.807) is 13.1 Å². The van der Waals surface area contributed by atoms with Crippen molar-refractivity contribution >= 4 is 27.7 Å². The fraction of sp³-hybridized carbons (Fsp3) is 0.500. The predicted molar refractivity (Wildman–Crippen MR) is 65.8 cm³/mol. The van der Waals surface area contributed by atoms with E-state index in [1.807, 2.05) is 4.90 Å². The molecule has 2 rings (SSSR count). The lowest BCUT2D eigenvalue weighted by Gasteiger charge is -2.35. The summed E-state index contributed by atoms with van der Waals surface area (Å²) in [6.07, 6.45) is 1.47. The maximum atomic E-state index is 11.7. The zero-order valence-corrected chi connectivity index (χ0v) is 11.0. The topological polar surface area (TPSA) is 67.3 Å². The molecule has 17 heavy (non-hydrogen) atoms. The summed E-state index contributed by atoms with van der Waals surface area (Å²) in [5, 5.41) is 2.63. The Morgan fingerprint density at radius 3 is 3.18 bits per heavy atom. The van der Waals surface area contributed by atoms with E-state index in [9.17, 15) is 4.79 Å². The fourth-order valence-electron chi connectivity index (χ4n) is 1.74. The third-order valence-electron chi connectivity index (χ3n) is 2.59. The van der Waals surface area contributed by atoms with E-state index >= 15 is 0 Å². The van der Waals surface area contributed by atoms with Gasteiger partial charge in [0.15, 0.2) is 0 Å². The molecule has 1 aliphatic rings. The van der Waals surface area contributed by atoms with Crippen molar-refractivity contribution in [2.75, 3.05) is 31.7 Å². The first-order valence-corrected chi connectivity index (χ1v) is 6.05. The second-order valence-corrected chi connectivity index (χ2v) is 4.41. The van der Waals surface area contributed by atoms with Crippen LogP contribution in [0.3, 0.4) is 0 Å². The number of hydrogen-bond acceptors (Lipinski definition) is 5. The van der Waals surface area contributed by atoms with Crippen LogP contribution in [0.2, 0.25) is 0 Å². The van der Waals surface area contributed by atoms with Crippen LogP contribution in [0.15, 0.2) is 17.0 Å². The van der Waals surface area contributed by atoms with Crippen molar-refractivity contribution in [3.05, 3.63) is 17.0 Å². The van der Waals surface area contributed by atoms with Crippen LogP contribution in [0.1, 0.15) is 0 Å². The first-order chi connectivity index (χ1) is 8.22. The van der Waals surface area contributed by atoms with Gasteiger partial charge in [0.05, 0.1) is 13.2 Å². The molecule has 1 aromatic rings. The Labute approximate surface area is 108 Å². The number of nitrogens with zero attached hydrogens (tertiary/aromatic N) is 3. The highest BCUT2D eigenvalue weighted by Gasteiger charge is 2.29. The summed E-state index contributed by atoms with van der Waals surface area (Å²) in [6.45, 7) is 1.61. The molecule has 92 valence electrons. The van der Waals surface area contributed by atoms with Crippen LogP contribution in [-0.2, 0) is 9.53 Å². The van der Waals surface area contributed by atoms with Gasteiger partial charge in [-0.05, 0) is 15.9 Å². The van der Waals surface area contributed by atoms with Gasteiger partial charge < -0.3 is 15.0 Å². The Kier molecular flexibility index (Phi) is 3.90. The lowest BCUT2D eigenvalue weighted by molar-refractivity contribution is -0.124. The molecule has 1 amide bonds. The summed E-state index contributed by atoms with van der Waals surface area (Å²) in [5.74, 6) is 0.656. The van der Waals surface area contributed by atoms with E-state index in [0.717, 1.165) is 5.82 Å². The molecule has 0 saturated carbocycles. The lowest BCUT2D eigenvalue weighted by Crippen LogP contribution is -2.53. The summed E-state index contributed by atoms with van der Waals surface area (Å²) >= 11 is 3.29. The molecule has 1 N–H and O–H groups in total. The SMILES string of the molecule is CNC(=O)C1COCCN1c1cc(Br)ncn1. The van der Waals surface area contributed by atoms with Gasteiger partial charge in [0.25, 0.3) is 0 Å². The highest BCUT2D eigenvalue weighted by atomic mass is 79.9. The Hall–Kier alpha value is -1.21. The molecule has 1 unspecified atom stereocenters. The summed E-state index contributed by atoms with van der Waals surface area (Å²) in [6, 6.07) is 1.46. The van der Waals surface area contributed by atoms with E-state index < -0.39 is 0 Å². The van der Waals surface area contributed by atoms with Crippen molar-refractivity contribution in [1.29, 1.82) is 0 Å². The molecule has 0 bridgehead atoms. The highest BCUT2D eigenvalue weighted by molar-refractivity contribution is 9.10. The minimum absolute atomic E-state index is 0.0700. The maximum absolute atomic E-state index is 11.7. The molecule has 1 aliphatic heterocycles. The van der Waals surface area contributed by atoms with Crippen LogP contribution in [0, 0.1) is 0 Å². The quantitative estimate of drug-likeness (QED) is 0.790. The van der Waals surface area contributed by atoms with Crippen LogP contribution in [-0.4, -0.2) is 48.7 Å². The number of rotatable bonds is 2. The fourth-order valence-corrected chi connectivity index (χ4v) is 2.04. The molecular formula is C10H13BrN4O2. The Morgan fingerprint density at radius 2 is 2.47 bits per heavy atom. The van der Waals surface area contributed by atoms with Gasteiger partial charge in [0.2, 0.25) is 5.91 Å². The number of ether oxygens (including phenoxy) is 1. The van der Waals surface area contributed by atoms with Gasteiger partial charge in [-0.2, -0.15) is 0 Å². The number of carbonyl (C=O) groups is 1. The molecule has 0 radical (unpaired) electrons. The first-order valence-electron chi connectivity index (χ1n) is 5.26. The summed E-state index contributed by atoms with van der Waals surface area (Å²) in [4.78, 5) is 21.8. The van der Waals surface area contributed by atoms with Gasteiger partial charge in [-0.25, -0.2) is 9.97 Å². The molecular weight excluding hydrogens is 288 g/mol. The van der Waals surface area contributed by atoms with E-state index in [0.29, 0.717) is 24.4 Å². The molecule has 2 heterocycles. The van der Waals surface area contributed by atoms with Crippen molar-refractivity contribution in [2.24, 2.45) is 0 Å². The van der Waals surface area contributed by atoms with Gasteiger partial charge in [-0.15, -0.1) is 0 Å². The molecule has 6 nitrogen and oxygen atoms in total. The second-order valence-electron chi connectivity index (χ2n) is 3.60. The van der Waals surface area contributed by atoms with Crippen LogP contribution < -0.4 is 10.2 Å². The van der Waals surface area contributed by atoms with Gasteiger partial charge in [-0.1, -0.05) is 0 Å². The number of amides is 1. The van der Waals surface area contributed by atoms with Gasteiger partial charge in [0, 0.05) is 19.7 Å². The smallest absolute Gasteiger partial charge is 0.244 e. The highest BCUT2D eigenvalue weighted by Crippen LogP contribution is 2.19. The van der Waals surface area contributed by atoms with Crippen molar-refractivity contribution in [1.82, 2.24) is 15.3 Å². The van der Waals surface area contributed by atoms with Gasteiger partial charge in [-0.3, -0.25) is 4.79 Å². The van der Waals surface area contributed by atoms with E-state index in [1.165, 1.54) is 6.33 Å². The van der Waals surface area contributed by atoms with E-state index in [-0.39, 0.29) is 11.9 Å². The number of likely N-dealkylation sites (N-methyl/N-ethyl adjacent to an activating group) is 1. The molecule has 7 heteroatoms. The number of hydrogen-bond donors (Lipinski definition) is 1. The average Bonchev–Trinajstić information content (AvgIpc) is 2.38. The number of aromatic nitrogens is 2. The number of halogens is 1. The molecule has 0 spiro atoms. The molecule has 0 aliphatic carbocycles.